The van der Waals surface area contributed by atoms with E-state index in [1.165, 1.54) is 0 Å². The lowest BCUT2D eigenvalue weighted by Crippen LogP contribution is -2.31. The van der Waals surface area contributed by atoms with Gasteiger partial charge in [-0.3, -0.25) is 0 Å². The summed E-state index contributed by atoms with van der Waals surface area (Å²) in [6.07, 6.45) is 1.61. The van der Waals surface area contributed by atoms with E-state index in [-0.39, 0.29) is 5.38 Å². The van der Waals surface area contributed by atoms with Crippen LogP contribution in [0.25, 0.3) is 0 Å². The summed E-state index contributed by atoms with van der Waals surface area (Å²) in [6, 6.07) is 20.7. The van der Waals surface area contributed by atoms with Crippen molar-refractivity contribution >= 4 is 11.6 Å². The molecule has 19 heavy (non-hydrogen) atoms. The second-order valence-corrected chi connectivity index (χ2v) is 5.50. The minimum atomic E-state index is -0.552. The molecule has 0 heterocycles. The van der Waals surface area contributed by atoms with Gasteiger partial charge in [0.2, 0.25) is 0 Å². The molecule has 0 aromatic heterocycles. The van der Waals surface area contributed by atoms with Crippen molar-refractivity contribution in [1.29, 1.82) is 5.26 Å². The average Bonchev–Trinajstić information content (AvgIpc) is 2.49. The number of nitrogens with zero attached hydrogens (tertiary/aromatic N) is 1. The van der Waals surface area contributed by atoms with Gasteiger partial charge in [0, 0.05) is 0 Å². The van der Waals surface area contributed by atoms with Crippen molar-refractivity contribution in [2.45, 2.75) is 23.6 Å². The van der Waals surface area contributed by atoms with Crippen molar-refractivity contribution in [3.05, 3.63) is 71.3 Å². The molecule has 3 rings (SSSR count). The van der Waals surface area contributed by atoms with Crippen molar-refractivity contribution in [3.63, 3.8) is 0 Å². The third kappa shape index (κ3) is 1.84. The zero-order chi connectivity index (χ0) is 13.3. The van der Waals surface area contributed by atoms with Gasteiger partial charge in [0.15, 0.2) is 0 Å². The molecular weight excluding hydrogens is 254 g/mol. The van der Waals surface area contributed by atoms with Crippen LogP contribution in [0.5, 0.6) is 0 Å². The average molecular weight is 268 g/mol. The zero-order valence-electron chi connectivity index (χ0n) is 10.5. The molecule has 0 radical (unpaired) electrons. The maximum Gasteiger partial charge on any atom is 0.107 e. The van der Waals surface area contributed by atoms with E-state index in [4.69, 9.17) is 11.6 Å². The van der Waals surface area contributed by atoms with Gasteiger partial charge in [-0.05, 0) is 29.5 Å². The highest BCUT2D eigenvalue weighted by Gasteiger charge is 2.40. The molecule has 0 saturated heterocycles. The van der Waals surface area contributed by atoms with E-state index in [2.05, 4.69) is 6.07 Å². The third-order valence-electron chi connectivity index (χ3n) is 3.99. The molecule has 0 saturated carbocycles. The Bertz CT molecular complexity index is 629. The molecule has 0 bridgehead atoms. The molecule has 0 aliphatic heterocycles. The normalized spacial score (nSPS) is 25.4. The largest absolute Gasteiger partial charge is 0.197 e. The number of nitriles is 1. The molecule has 1 nitrogen and oxygen atoms in total. The van der Waals surface area contributed by atoms with Gasteiger partial charge in [0.05, 0.1) is 11.4 Å². The van der Waals surface area contributed by atoms with Crippen LogP contribution >= 0.6 is 11.6 Å². The number of benzene rings is 2. The second kappa shape index (κ2) is 4.72. The van der Waals surface area contributed by atoms with Gasteiger partial charge in [-0.15, -0.1) is 11.6 Å². The fourth-order valence-electron chi connectivity index (χ4n) is 3.00. The van der Waals surface area contributed by atoms with Crippen LogP contribution < -0.4 is 0 Å². The first-order chi connectivity index (χ1) is 9.28. The minimum absolute atomic E-state index is 0.0152. The highest BCUT2D eigenvalue weighted by atomic mass is 35.5. The van der Waals surface area contributed by atoms with E-state index < -0.39 is 5.41 Å². The van der Waals surface area contributed by atoms with E-state index in [1.807, 2.05) is 54.6 Å². The third-order valence-corrected chi connectivity index (χ3v) is 4.44. The Balaban J connectivity index is 2.25. The number of hydrogen-bond donors (Lipinski definition) is 0. The summed E-state index contributed by atoms with van der Waals surface area (Å²) in [7, 11) is 0. The molecule has 0 amide bonds. The Morgan fingerprint density at radius 1 is 1.05 bits per heavy atom. The fourth-order valence-corrected chi connectivity index (χ4v) is 3.29. The SMILES string of the molecule is N#C[C@@]1(c2ccccc2)CC[C@@H](Cl)c2ccccc21. The highest BCUT2D eigenvalue weighted by molar-refractivity contribution is 6.21. The standard InChI is InChI=1S/C17H14ClN/c18-16-10-11-17(12-19,13-6-2-1-3-7-13)15-9-5-4-8-14(15)16/h1-9,16H,10-11H2/t16-,17-/m1/s1. The summed E-state index contributed by atoms with van der Waals surface area (Å²) in [6.45, 7) is 0. The number of halogens is 1. The monoisotopic (exact) mass is 267 g/mol. The molecule has 2 atom stereocenters. The van der Waals surface area contributed by atoms with E-state index in [0.29, 0.717) is 0 Å². The smallest absolute Gasteiger partial charge is 0.107 e. The number of alkyl halides is 1. The molecule has 0 fully saturated rings. The van der Waals surface area contributed by atoms with Crippen molar-refractivity contribution in [2.24, 2.45) is 0 Å². The summed E-state index contributed by atoms with van der Waals surface area (Å²) in [4.78, 5) is 0. The molecular formula is C17H14ClN. The van der Waals surface area contributed by atoms with Crippen molar-refractivity contribution < 1.29 is 0 Å². The van der Waals surface area contributed by atoms with Gasteiger partial charge in [-0.2, -0.15) is 5.26 Å². The van der Waals surface area contributed by atoms with Crippen molar-refractivity contribution in [2.75, 3.05) is 0 Å². The quantitative estimate of drug-likeness (QED) is 0.695. The Labute approximate surface area is 118 Å². The lowest BCUT2D eigenvalue weighted by atomic mass is 9.67. The van der Waals surface area contributed by atoms with Gasteiger partial charge in [0.1, 0.15) is 5.41 Å². The zero-order valence-corrected chi connectivity index (χ0v) is 11.3. The molecule has 0 N–H and O–H groups in total. The van der Waals surface area contributed by atoms with E-state index in [1.54, 1.807) is 0 Å². The summed E-state index contributed by atoms with van der Waals surface area (Å²) in [5.41, 5.74) is 2.67. The first-order valence-corrected chi connectivity index (χ1v) is 6.92. The molecule has 0 spiro atoms. The predicted molar refractivity (Wildman–Crippen MR) is 77.1 cm³/mol. The number of rotatable bonds is 1. The van der Waals surface area contributed by atoms with Crippen LogP contribution in [-0.4, -0.2) is 0 Å². The van der Waals surface area contributed by atoms with Crippen LogP contribution in [0.3, 0.4) is 0 Å². The van der Waals surface area contributed by atoms with Crippen LogP contribution in [0.1, 0.15) is 34.9 Å². The summed E-state index contributed by atoms with van der Waals surface area (Å²) < 4.78 is 0. The van der Waals surface area contributed by atoms with E-state index >= 15 is 0 Å². The molecule has 1 aliphatic rings. The number of hydrogen-bond acceptors (Lipinski definition) is 1. The Morgan fingerprint density at radius 2 is 1.74 bits per heavy atom. The first-order valence-electron chi connectivity index (χ1n) is 6.48. The topological polar surface area (TPSA) is 23.8 Å². The number of fused-ring (bicyclic) bond motifs is 1. The van der Waals surface area contributed by atoms with Crippen LogP contribution in [-0.2, 0) is 5.41 Å². The van der Waals surface area contributed by atoms with Crippen LogP contribution in [0.2, 0.25) is 0 Å². The minimum Gasteiger partial charge on any atom is -0.197 e. The predicted octanol–water partition coefficient (Wildman–Crippen LogP) is 4.57. The fraction of sp³-hybridized carbons (Fsp3) is 0.235. The van der Waals surface area contributed by atoms with Crippen LogP contribution in [0, 0.1) is 11.3 Å². The molecule has 2 aromatic rings. The van der Waals surface area contributed by atoms with Gasteiger partial charge < -0.3 is 0 Å². The molecule has 0 unspecified atom stereocenters. The highest BCUT2D eigenvalue weighted by Crippen LogP contribution is 2.47. The van der Waals surface area contributed by atoms with Gasteiger partial charge in [-0.25, -0.2) is 0 Å². The lowest BCUT2D eigenvalue weighted by Gasteiger charge is -2.35. The Hall–Kier alpha value is -1.78. The Morgan fingerprint density at radius 3 is 2.47 bits per heavy atom. The van der Waals surface area contributed by atoms with Gasteiger partial charge in [-0.1, -0.05) is 54.6 Å². The Kier molecular flexibility index (Phi) is 3.05. The van der Waals surface area contributed by atoms with Crippen molar-refractivity contribution in [3.8, 4) is 6.07 Å². The maximum absolute atomic E-state index is 9.83. The van der Waals surface area contributed by atoms with Crippen LogP contribution in [0.4, 0.5) is 0 Å². The first kappa shape index (κ1) is 12.3. The van der Waals surface area contributed by atoms with Gasteiger partial charge in [0.25, 0.3) is 0 Å². The van der Waals surface area contributed by atoms with Gasteiger partial charge >= 0.3 is 0 Å². The summed E-state index contributed by atoms with van der Waals surface area (Å²) in [5, 5.41) is 9.85. The van der Waals surface area contributed by atoms with Crippen LogP contribution in [0.15, 0.2) is 54.6 Å². The maximum atomic E-state index is 9.83. The molecule has 2 heteroatoms. The van der Waals surface area contributed by atoms with E-state index in [0.717, 1.165) is 29.5 Å². The van der Waals surface area contributed by atoms with E-state index in [9.17, 15) is 5.26 Å². The molecule has 1 aliphatic carbocycles. The molecule has 94 valence electrons. The molecule has 2 aromatic carbocycles. The lowest BCUT2D eigenvalue weighted by molar-refractivity contribution is 0.515. The van der Waals surface area contributed by atoms with Crippen molar-refractivity contribution in [1.82, 2.24) is 0 Å². The summed E-state index contributed by atoms with van der Waals surface area (Å²) in [5.74, 6) is 0. The summed E-state index contributed by atoms with van der Waals surface area (Å²) >= 11 is 6.41. The second-order valence-electron chi connectivity index (χ2n) is 4.98.